The van der Waals surface area contributed by atoms with Gasteiger partial charge in [-0.15, -0.1) is 0 Å². The van der Waals surface area contributed by atoms with E-state index in [4.69, 9.17) is 35.8 Å². The lowest BCUT2D eigenvalue weighted by Gasteiger charge is -2.33. The van der Waals surface area contributed by atoms with Crippen molar-refractivity contribution in [2.45, 2.75) is 37.1 Å². The predicted octanol–water partition coefficient (Wildman–Crippen LogP) is 2.14. The van der Waals surface area contributed by atoms with Crippen molar-refractivity contribution in [3.63, 3.8) is 0 Å². The van der Waals surface area contributed by atoms with Gasteiger partial charge in [-0.05, 0) is 11.8 Å². The third-order valence-corrected chi connectivity index (χ3v) is 8.21. The van der Waals surface area contributed by atoms with Crippen molar-refractivity contribution < 1.29 is 50.5 Å². The van der Waals surface area contributed by atoms with E-state index in [0.29, 0.717) is 0 Å². The molecule has 11 nitrogen and oxygen atoms in total. The van der Waals surface area contributed by atoms with Crippen LogP contribution in [0.15, 0.2) is 12.7 Å². The highest BCUT2D eigenvalue weighted by atomic mass is 32.5. The largest absolute Gasteiger partial charge is 0.387 e. The number of rotatable bonds is 5. The fraction of sp³-hybridized carbons (Fsp3) is 0.421. The van der Waals surface area contributed by atoms with Gasteiger partial charge >= 0.3 is 6.72 Å². The maximum Gasteiger partial charge on any atom is 0.327 e. The maximum atomic E-state index is 14.3. The molecule has 2 aromatic heterocycles. The van der Waals surface area contributed by atoms with Gasteiger partial charge in [0, 0.05) is 6.42 Å². The molecule has 0 bridgehead atoms. The summed E-state index contributed by atoms with van der Waals surface area (Å²) in [7, 11) is 0. The Bertz CT molecular complexity index is 1390. The predicted molar refractivity (Wildman–Crippen MR) is 117 cm³/mol. The van der Waals surface area contributed by atoms with Gasteiger partial charge in [-0.1, -0.05) is 0 Å². The molecule has 0 spiro atoms. The molecule has 18 heteroatoms. The molecular weight excluding hydrogens is 552 g/mol. The van der Waals surface area contributed by atoms with E-state index < -0.39 is 78.6 Å². The smallest absolute Gasteiger partial charge is 0.327 e. The first-order valence-electron chi connectivity index (χ1n) is 10.6. The fourth-order valence-corrected chi connectivity index (χ4v) is 6.09. The molecule has 2 aliphatic heterocycles. The SMILES string of the molecule is Nc1ncnc2c1ncn2[C@@H]1O[C@H](COP2(=S)OCCC(c3c(F)c(F)c(F)c(F)c3F)O2)[C@@H](O)[C@H]1O. The quantitative estimate of drug-likeness (QED) is 0.180. The average Bonchev–Trinajstić information content (AvgIpc) is 3.42. The van der Waals surface area contributed by atoms with Crippen LogP contribution in [0, 0.1) is 29.1 Å². The number of fused-ring (bicyclic) bond motifs is 1. The van der Waals surface area contributed by atoms with E-state index in [2.05, 4.69) is 15.0 Å². The van der Waals surface area contributed by atoms with Gasteiger partial charge in [-0.25, -0.2) is 36.9 Å². The molecule has 0 aliphatic carbocycles. The van der Waals surface area contributed by atoms with Crippen LogP contribution in [0.3, 0.4) is 0 Å². The molecule has 2 saturated heterocycles. The van der Waals surface area contributed by atoms with Gasteiger partial charge in [0.05, 0.1) is 25.1 Å². The van der Waals surface area contributed by atoms with Crippen LogP contribution in [0.1, 0.15) is 24.3 Å². The zero-order chi connectivity index (χ0) is 26.6. The molecule has 37 heavy (non-hydrogen) atoms. The van der Waals surface area contributed by atoms with Crippen molar-refractivity contribution in [2.24, 2.45) is 0 Å². The second-order valence-corrected chi connectivity index (χ2v) is 11.0. The van der Waals surface area contributed by atoms with Crippen LogP contribution < -0.4 is 5.73 Å². The van der Waals surface area contributed by atoms with Gasteiger partial charge in [0.25, 0.3) is 0 Å². The lowest BCUT2D eigenvalue weighted by atomic mass is 10.0. The van der Waals surface area contributed by atoms with Gasteiger partial charge in [0.15, 0.2) is 41.0 Å². The molecule has 4 N–H and O–H groups in total. The number of nitrogens with zero attached hydrogens (tertiary/aromatic N) is 4. The van der Waals surface area contributed by atoms with Gasteiger partial charge in [0.2, 0.25) is 5.82 Å². The number of aromatic nitrogens is 4. The highest BCUT2D eigenvalue weighted by molar-refractivity contribution is 8.07. The van der Waals surface area contributed by atoms with Crippen molar-refractivity contribution in [3.8, 4) is 0 Å². The van der Waals surface area contributed by atoms with Gasteiger partial charge in [0.1, 0.15) is 36.3 Å². The zero-order valence-electron chi connectivity index (χ0n) is 18.3. The lowest BCUT2D eigenvalue weighted by Crippen LogP contribution is -2.34. The highest BCUT2D eigenvalue weighted by Gasteiger charge is 2.46. The number of halogens is 5. The molecular formula is C19H17F5N5O6PS. The Morgan fingerprint density at radius 3 is 2.43 bits per heavy atom. The summed E-state index contributed by atoms with van der Waals surface area (Å²) in [6.45, 7) is -4.60. The molecule has 0 amide bonds. The van der Waals surface area contributed by atoms with E-state index in [0.717, 1.165) is 0 Å². The van der Waals surface area contributed by atoms with E-state index >= 15 is 0 Å². The molecule has 2 aliphatic rings. The molecule has 2 fully saturated rings. The Labute approximate surface area is 209 Å². The number of aliphatic hydroxyl groups is 2. The van der Waals surface area contributed by atoms with Crippen LogP contribution in [0.25, 0.3) is 11.2 Å². The lowest BCUT2D eigenvalue weighted by molar-refractivity contribution is -0.0534. The summed E-state index contributed by atoms with van der Waals surface area (Å²) in [6, 6.07) is 0. The van der Waals surface area contributed by atoms with Crippen LogP contribution >= 0.6 is 6.72 Å². The maximum absolute atomic E-state index is 14.3. The van der Waals surface area contributed by atoms with Gasteiger partial charge < -0.3 is 34.3 Å². The topological polar surface area (TPSA) is 147 Å². The van der Waals surface area contributed by atoms with Crippen LogP contribution in [0.5, 0.6) is 0 Å². The second kappa shape index (κ2) is 9.74. The molecule has 6 atom stereocenters. The molecule has 2 unspecified atom stereocenters. The number of anilines is 1. The Balaban J connectivity index is 1.31. The number of aliphatic hydroxyl groups excluding tert-OH is 2. The van der Waals surface area contributed by atoms with Crippen LogP contribution in [-0.2, 0) is 30.1 Å². The minimum absolute atomic E-state index is 0.0875. The fourth-order valence-electron chi connectivity index (χ4n) is 4.00. The van der Waals surface area contributed by atoms with Crippen molar-refractivity contribution in [1.82, 2.24) is 19.5 Å². The molecule has 1 aromatic carbocycles. The molecule has 3 aromatic rings. The Kier molecular flexibility index (Phi) is 6.91. The number of hydrogen-bond acceptors (Lipinski definition) is 11. The van der Waals surface area contributed by atoms with Crippen LogP contribution in [-0.4, -0.2) is 61.3 Å². The third-order valence-electron chi connectivity index (χ3n) is 5.85. The first-order chi connectivity index (χ1) is 17.5. The summed E-state index contributed by atoms with van der Waals surface area (Å²) >= 11 is 5.19. The summed E-state index contributed by atoms with van der Waals surface area (Å²) in [5.74, 6) is -10.6. The zero-order valence-corrected chi connectivity index (χ0v) is 20.0. The number of imidazole rings is 1. The van der Waals surface area contributed by atoms with E-state index in [9.17, 15) is 32.2 Å². The van der Waals surface area contributed by atoms with Gasteiger partial charge in [-0.2, -0.15) is 0 Å². The molecule has 0 radical (unpaired) electrons. The highest BCUT2D eigenvalue weighted by Crippen LogP contribution is 2.58. The standard InChI is InChI=1S/C19H17F5N5O6PS/c20-9-8(10(21)12(23)13(24)11(9)22)6-1-2-32-36(37,35-6)33-3-7-15(30)16(31)19(34-7)29-5-28-14-17(25)26-4-27-18(14)29/h4-7,15-16,19,30-31H,1-3H2,(H2,25,26,27)/t6?,7-,15-,16-,19-,36?/m1/s1. The molecule has 4 heterocycles. The van der Waals surface area contributed by atoms with Crippen LogP contribution in [0.4, 0.5) is 27.8 Å². The Morgan fingerprint density at radius 1 is 1.05 bits per heavy atom. The number of nitrogen functional groups attached to an aromatic ring is 1. The summed E-state index contributed by atoms with van der Waals surface area (Å²) in [4.78, 5) is 11.9. The van der Waals surface area contributed by atoms with Crippen LogP contribution in [0.2, 0.25) is 0 Å². The normalized spacial score (nSPS) is 30.3. The summed E-state index contributed by atoms with van der Waals surface area (Å²) in [5.41, 5.74) is 5.03. The average molecular weight is 569 g/mol. The first-order valence-corrected chi connectivity index (χ1v) is 13.1. The minimum Gasteiger partial charge on any atom is -0.387 e. The van der Waals surface area contributed by atoms with E-state index in [1.807, 2.05) is 0 Å². The molecule has 5 rings (SSSR count). The van der Waals surface area contributed by atoms with Crippen molar-refractivity contribution in [1.29, 1.82) is 0 Å². The monoisotopic (exact) mass is 569 g/mol. The Morgan fingerprint density at radius 2 is 1.73 bits per heavy atom. The van der Waals surface area contributed by atoms with Crippen molar-refractivity contribution in [2.75, 3.05) is 18.9 Å². The minimum atomic E-state index is -3.81. The summed E-state index contributed by atoms with van der Waals surface area (Å²) < 4.78 is 92.5. The number of ether oxygens (including phenoxy) is 1. The third kappa shape index (κ3) is 4.48. The van der Waals surface area contributed by atoms with E-state index in [1.54, 1.807) is 0 Å². The summed E-state index contributed by atoms with van der Waals surface area (Å²) in [6.07, 6.45) is -4.81. The Hall–Kier alpha value is -2.37. The van der Waals surface area contributed by atoms with Crippen molar-refractivity contribution >= 4 is 35.5 Å². The number of nitrogens with two attached hydrogens (primary N) is 1. The molecule has 200 valence electrons. The second-order valence-electron chi connectivity index (χ2n) is 8.07. The van der Waals surface area contributed by atoms with Gasteiger partial charge in [-0.3, -0.25) is 4.57 Å². The molecule has 0 saturated carbocycles. The van der Waals surface area contributed by atoms with E-state index in [-0.39, 0.29) is 30.0 Å². The number of hydrogen-bond donors (Lipinski definition) is 3. The summed E-state index contributed by atoms with van der Waals surface area (Å²) in [5, 5.41) is 21.0. The number of benzene rings is 1. The first kappa shape index (κ1) is 26.2. The van der Waals surface area contributed by atoms with E-state index in [1.165, 1.54) is 17.2 Å². The van der Waals surface area contributed by atoms with Crippen molar-refractivity contribution in [3.05, 3.63) is 47.3 Å².